The molecule has 7 atom stereocenters. The number of rotatable bonds is 5. The molecule has 7 heteroatoms. The number of aliphatic hydroxyl groups is 1. The van der Waals surface area contributed by atoms with Crippen LogP contribution in [0.1, 0.15) is 18.4 Å². The summed E-state index contributed by atoms with van der Waals surface area (Å²) < 4.78 is 25.2. The van der Waals surface area contributed by atoms with E-state index < -0.39 is 23.7 Å². The van der Waals surface area contributed by atoms with E-state index in [0.717, 1.165) is 42.8 Å². The second kappa shape index (κ2) is 7.25. The van der Waals surface area contributed by atoms with E-state index in [1.165, 1.54) is 0 Å². The maximum atomic E-state index is 11.2. The van der Waals surface area contributed by atoms with Crippen LogP contribution in [0.15, 0.2) is 43.0 Å². The van der Waals surface area contributed by atoms with E-state index in [0.29, 0.717) is 11.8 Å². The zero-order valence-corrected chi connectivity index (χ0v) is 15.3. The molecular formula is C19H24N2O4S. The third kappa shape index (κ3) is 3.25. The van der Waals surface area contributed by atoms with Crippen molar-refractivity contribution in [2.75, 3.05) is 18.4 Å². The van der Waals surface area contributed by atoms with Gasteiger partial charge in [0.1, 0.15) is 0 Å². The zero-order valence-electron chi connectivity index (χ0n) is 14.5. The lowest BCUT2D eigenvalue weighted by Crippen LogP contribution is -2.57. The van der Waals surface area contributed by atoms with Gasteiger partial charge in [-0.3, -0.25) is 9.45 Å². The summed E-state index contributed by atoms with van der Waals surface area (Å²) in [6.07, 6.45) is 4.41. The van der Waals surface area contributed by atoms with Gasteiger partial charge < -0.3 is 10.4 Å². The minimum absolute atomic E-state index is 0.0441. The Bertz CT molecular complexity index is 753. The summed E-state index contributed by atoms with van der Waals surface area (Å²) >= 11 is -2.39. The minimum atomic E-state index is -2.39. The zero-order chi connectivity index (χ0) is 18.3. The quantitative estimate of drug-likeness (QED) is 0.540. The molecular weight excluding hydrogens is 352 g/mol. The number of aliphatic hydroxyl groups excluding tert-OH is 1. The van der Waals surface area contributed by atoms with Crippen molar-refractivity contribution in [1.29, 1.82) is 0 Å². The van der Waals surface area contributed by atoms with Crippen molar-refractivity contribution in [1.82, 2.24) is 4.90 Å². The molecule has 0 saturated carbocycles. The van der Waals surface area contributed by atoms with Crippen LogP contribution in [-0.4, -0.2) is 50.2 Å². The monoisotopic (exact) mass is 376 g/mol. The molecule has 26 heavy (non-hydrogen) atoms. The first-order valence-electron chi connectivity index (χ1n) is 8.97. The van der Waals surface area contributed by atoms with Crippen LogP contribution >= 0.6 is 0 Å². The first-order valence-corrected chi connectivity index (χ1v) is 10.0. The number of fused-ring (bicyclic) bond motifs is 4. The highest BCUT2D eigenvalue weighted by Crippen LogP contribution is 2.41. The largest absolute Gasteiger partial charge is 0.387 e. The van der Waals surface area contributed by atoms with E-state index in [-0.39, 0.29) is 6.04 Å². The normalized spacial score (nSPS) is 35.0. The highest BCUT2D eigenvalue weighted by atomic mass is 32.2. The van der Waals surface area contributed by atoms with Crippen LogP contribution < -0.4 is 5.32 Å². The molecule has 3 unspecified atom stereocenters. The highest BCUT2D eigenvalue weighted by molar-refractivity contribution is 7.74. The molecule has 6 nitrogen and oxygen atoms in total. The summed E-state index contributed by atoms with van der Waals surface area (Å²) in [5.41, 5.74) is 2.45. The first-order chi connectivity index (χ1) is 12.6. The Hall–Kier alpha value is -1.51. The number of nitrogens with one attached hydrogen (secondary N) is 1. The van der Waals surface area contributed by atoms with Crippen molar-refractivity contribution in [2.24, 2.45) is 11.8 Å². The number of hydrogen-bond donors (Lipinski definition) is 3. The van der Waals surface area contributed by atoms with Crippen LogP contribution in [0.5, 0.6) is 0 Å². The standard InChI is InChI=1S/C19H24N2O4S/c1-2-12-11-21-8-7-13(12)9-17(21)19(22)15-10-18(25-26(23)24)20-16-6-4-3-5-14(15)16/h2-6,10,12-13,17-20,22H,1,7-9,11H2,(H,23,24)/t12-,13+,17+,18?,19-/m1/s1. The van der Waals surface area contributed by atoms with Gasteiger partial charge in [0.25, 0.3) is 0 Å². The van der Waals surface area contributed by atoms with Crippen LogP contribution in [0, 0.1) is 11.8 Å². The third-order valence-corrected chi connectivity index (χ3v) is 6.26. The van der Waals surface area contributed by atoms with Gasteiger partial charge in [-0.2, -0.15) is 4.21 Å². The molecule has 3 fully saturated rings. The molecule has 4 aliphatic rings. The Kier molecular flexibility index (Phi) is 4.98. The smallest absolute Gasteiger partial charge is 0.304 e. The molecule has 1 aromatic rings. The Labute approximate surface area is 156 Å². The molecule has 140 valence electrons. The summed E-state index contributed by atoms with van der Waals surface area (Å²) in [7, 11) is 0. The molecule has 0 aliphatic carbocycles. The molecule has 0 spiro atoms. The predicted molar refractivity (Wildman–Crippen MR) is 101 cm³/mol. The van der Waals surface area contributed by atoms with Crippen molar-refractivity contribution < 1.29 is 18.1 Å². The average molecular weight is 376 g/mol. The molecule has 2 bridgehead atoms. The van der Waals surface area contributed by atoms with Gasteiger partial charge in [-0.25, -0.2) is 4.18 Å². The number of hydrogen-bond acceptors (Lipinski definition) is 5. The maximum absolute atomic E-state index is 11.2. The minimum Gasteiger partial charge on any atom is -0.387 e. The van der Waals surface area contributed by atoms with Gasteiger partial charge in [0, 0.05) is 23.8 Å². The number of benzene rings is 1. The van der Waals surface area contributed by atoms with Crippen LogP contribution in [0.3, 0.4) is 0 Å². The van der Waals surface area contributed by atoms with Crippen LogP contribution in [0.4, 0.5) is 5.69 Å². The van der Waals surface area contributed by atoms with Gasteiger partial charge in [0.05, 0.1) is 6.10 Å². The van der Waals surface area contributed by atoms with Gasteiger partial charge in [0.15, 0.2) is 6.23 Å². The molecule has 4 aliphatic heterocycles. The van der Waals surface area contributed by atoms with E-state index in [1.54, 1.807) is 6.08 Å². The van der Waals surface area contributed by atoms with E-state index in [1.807, 2.05) is 30.3 Å². The van der Waals surface area contributed by atoms with E-state index >= 15 is 0 Å². The molecule has 5 rings (SSSR count). The Morgan fingerprint density at radius 1 is 1.42 bits per heavy atom. The molecule has 0 radical (unpaired) electrons. The summed E-state index contributed by atoms with van der Waals surface area (Å²) in [6.45, 7) is 5.88. The summed E-state index contributed by atoms with van der Waals surface area (Å²) in [5, 5.41) is 14.3. The molecule has 1 aromatic carbocycles. The second-order valence-electron chi connectivity index (χ2n) is 7.24. The van der Waals surface area contributed by atoms with Crippen LogP contribution in [0.2, 0.25) is 0 Å². The molecule has 3 N–H and O–H groups in total. The molecule has 3 saturated heterocycles. The number of nitrogens with zero attached hydrogens (tertiary/aromatic N) is 1. The van der Waals surface area contributed by atoms with E-state index in [9.17, 15) is 9.32 Å². The third-order valence-electron chi connectivity index (χ3n) is 5.89. The van der Waals surface area contributed by atoms with Gasteiger partial charge >= 0.3 is 11.4 Å². The summed E-state index contributed by atoms with van der Waals surface area (Å²) in [6, 6.07) is 7.68. The lowest BCUT2D eigenvalue weighted by Gasteiger charge is -2.51. The van der Waals surface area contributed by atoms with Crippen molar-refractivity contribution in [3.8, 4) is 0 Å². The average Bonchev–Trinajstić information content (AvgIpc) is 2.66. The lowest BCUT2D eigenvalue weighted by molar-refractivity contribution is -0.0255. The van der Waals surface area contributed by atoms with Crippen LogP contribution in [-0.2, 0) is 15.5 Å². The fourth-order valence-corrected chi connectivity index (χ4v) is 4.90. The van der Waals surface area contributed by atoms with Crippen molar-refractivity contribution in [2.45, 2.75) is 31.2 Å². The fraction of sp³-hybridized carbons (Fsp3) is 0.474. The van der Waals surface area contributed by atoms with Gasteiger partial charge in [-0.15, -0.1) is 6.58 Å². The lowest BCUT2D eigenvalue weighted by atomic mass is 9.73. The fourth-order valence-electron chi connectivity index (χ4n) is 4.62. The Morgan fingerprint density at radius 2 is 2.23 bits per heavy atom. The molecule has 0 amide bonds. The van der Waals surface area contributed by atoms with Gasteiger partial charge in [-0.05, 0) is 48.9 Å². The van der Waals surface area contributed by atoms with Crippen LogP contribution in [0.25, 0.3) is 5.57 Å². The van der Waals surface area contributed by atoms with Gasteiger partial charge in [-0.1, -0.05) is 24.3 Å². The molecule has 0 aromatic heterocycles. The summed E-state index contributed by atoms with van der Waals surface area (Å²) in [4.78, 5) is 2.35. The second-order valence-corrected chi connectivity index (χ2v) is 7.86. The topological polar surface area (TPSA) is 82.0 Å². The number of piperidine rings is 3. The number of para-hydroxylation sites is 1. The number of anilines is 1. The summed E-state index contributed by atoms with van der Waals surface area (Å²) in [5.74, 6) is 1.06. The van der Waals surface area contributed by atoms with Crippen molar-refractivity contribution >= 4 is 22.6 Å². The Morgan fingerprint density at radius 3 is 2.92 bits per heavy atom. The highest BCUT2D eigenvalue weighted by Gasteiger charge is 2.43. The SMILES string of the molecule is C=C[C@@H]1CN2CC[C@H]1C[C@H]2[C@H](O)C1=CC(OS(=O)O)Nc2ccccc21. The Balaban J connectivity index is 1.63. The predicted octanol–water partition coefficient (Wildman–Crippen LogP) is 2.23. The van der Waals surface area contributed by atoms with Crippen molar-refractivity contribution in [3.05, 3.63) is 48.6 Å². The van der Waals surface area contributed by atoms with Gasteiger partial charge in [0.2, 0.25) is 0 Å². The maximum Gasteiger partial charge on any atom is 0.304 e. The van der Waals surface area contributed by atoms with Crippen molar-refractivity contribution in [3.63, 3.8) is 0 Å². The molecule has 4 heterocycles. The van der Waals surface area contributed by atoms with E-state index in [2.05, 4.69) is 16.8 Å². The van der Waals surface area contributed by atoms with E-state index in [4.69, 9.17) is 8.74 Å². The first kappa shape index (κ1) is 17.9.